The van der Waals surface area contributed by atoms with Crippen LogP contribution in [0, 0.1) is 5.82 Å². The van der Waals surface area contributed by atoms with Gasteiger partial charge in [-0.15, -0.1) is 0 Å². The predicted molar refractivity (Wildman–Crippen MR) is 123 cm³/mol. The van der Waals surface area contributed by atoms with Gasteiger partial charge in [0.1, 0.15) is 5.82 Å². The van der Waals surface area contributed by atoms with Gasteiger partial charge in [0.25, 0.3) is 0 Å². The third-order valence-corrected chi connectivity index (χ3v) is 5.99. The molecule has 0 bridgehead atoms. The van der Waals surface area contributed by atoms with Crippen molar-refractivity contribution in [2.24, 2.45) is 0 Å². The highest BCUT2D eigenvalue weighted by atomic mass is 19.1. The zero-order valence-corrected chi connectivity index (χ0v) is 17.6. The number of nitrogens with zero attached hydrogens (tertiary/aromatic N) is 2. The minimum Gasteiger partial charge on any atom is -0.324 e. The van der Waals surface area contributed by atoms with E-state index in [-0.39, 0.29) is 11.7 Å². The smallest absolute Gasteiger partial charge is 0.227 e. The summed E-state index contributed by atoms with van der Waals surface area (Å²) >= 11 is 0. The predicted octanol–water partition coefficient (Wildman–Crippen LogP) is 6.84. The second-order valence-electron chi connectivity index (χ2n) is 8.36. The van der Waals surface area contributed by atoms with Crippen LogP contribution < -0.4 is 5.32 Å². The Labute approximate surface area is 182 Å². The number of rotatable bonds is 4. The van der Waals surface area contributed by atoms with Gasteiger partial charge >= 0.3 is 0 Å². The van der Waals surface area contributed by atoms with Gasteiger partial charge < -0.3 is 5.32 Å². The summed E-state index contributed by atoms with van der Waals surface area (Å²) in [4.78, 5) is 9.45. The fraction of sp³-hybridized carbons (Fsp3) is 0.185. The molecule has 4 heteroatoms. The molecule has 31 heavy (non-hydrogen) atoms. The van der Waals surface area contributed by atoms with Gasteiger partial charge in [0.2, 0.25) is 5.95 Å². The van der Waals surface area contributed by atoms with E-state index in [0.717, 1.165) is 34.5 Å². The lowest BCUT2D eigenvalue weighted by Gasteiger charge is -2.27. The van der Waals surface area contributed by atoms with Crippen molar-refractivity contribution in [3.05, 3.63) is 107 Å². The van der Waals surface area contributed by atoms with E-state index in [9.17, 15) is 4.39 Å². The standard InChI is InChI=1S/C27H24FN3/c1-17(2)18-9-13-22(14-10-18)30-27-29-16-20-15-25(19-7-11-21(28)12-8-19)23-5-3-4-6-24(23)26(20)31-27/h3-14,16-17,25H,15H2,1-2H3,(H,29,30,31). The highest BCUT2D eigenvalue weighted by molar-refractivity contribution is 5.73. The van der Waals surface area contributed by atoms with Crippen molar-refractivity contribution in [2.45, 2.75) is 32.1 Å². The van der Waals surface area contributed by atoms with Crippen LogP contribution in [-0.4, -0.2) is 9.97 Å². The lowest BCUT2D eigenvalue weighted by molar-refractivity contribution is 0.626. The van der Waals surface area contributed by atoms with E-state index < -0.39 is 0 Å². The Morgan fingerprint density at radius 3 is 2.42 bits per heavy atom. The molecule has 0 fully saturated rings. The maximum Gasteiger partial charge on any atom is 0.227 e. The van der Waals surface area contributed by atoms with E-state index in [2.05, 4.69) is 66.6 Å². The van der Waals surface area contributed by atoms with E-state index in [1.165, 1.54) is 23.3 Å². The maximum atomic E-state index is 13.4. The van der Waals surface area contributed by atoms with E-state index in [0.29, 0.717) is 11.9 Å². The molecule has 154 valence electrons. The lowest BCUT2D eigenvalue weighted by Crippen LogP contribution is -2.15. The van der Waals surface area contributed by atoms with Crippen molar-refractivity contribution in [3.8, 4) is 11.3 Å². The summed E-state index contributed by atoms with van der Waals surface area (Å²) in [5.74, 6) is 1.04. The third kappa shape index (κ3) is 3.81. The highest BCUT2D eigenvalue weighted by Crippen LogP contribution is 2.41. The van der Waals surface area contributed by atoms with Crippen LogP contribution in [0.15, 0.2) is 79.0 Å². The van der Waals surface area contributed by atoms with Crippen LogP contribution in [0.5, 0.6) is 0 Å². The first kappa shape index (κ1) is 19.4. The van der Waals surface area contributed by atoms with Crippen molar-refractivity contribution >= 4 is 11.6 Å². The number of hydrogen-bond acceptors (Lipinski definition) is 3. The molecular weight excluding hydrogens is 385 g/mol. The molecule has 0 aliphatic heterocycles. The number of anilines is 2. The Morgan fingerprint density at radius 2 is 1.68 bits per heavy atom. The Kier molecular flexibility index (Phi) is 4.99. The SMILES string of the molecule is CC(C)c1ccc(Nc2ncc3c(n2)-c2ccccc2C(c2ccc(F)cc2)C3)cc1. The second-order valence-corrected chi connectivity index (χ2v) is 8.36. The number of benzene rings is 3. The van der Waals surface area contributed by atoms with Gasteiger partial charge in [-0.05, 0) is 58.9 Å². The van der Waals surface area contributed by atoms with Gasteiger partial charge in [-0.2, -0.15) is 0 Å². The summed E-state index contributed by atoms with van der Waals surface area (Å²) in [6, 6.07) is 23.5. The largest absolute Gasteiger partial charge is 0.324 e. The molecular formula is C27H24FN3. The normalized spacial score (nSPS) is 14.8. The molecule has 3 aromatic carbocycles. The maximum absolute atomic E-state index is 13.4. The monoisotopic (exact) mass is 409 g/mol. The Balaban J connectivity index is 1.49. The third-order valence-electron chi connectivity index (χ3n) is 5.99. The van der Waals surface area contributed by atoms with Crippen LogP contribution in [0.3, 0.4) is 0 Å². The van der Waals surface area contributed by atoms with Gasteiger partial charge in [-0.1, -0.05) is 62.4 Å². The number of fused-ring (bicyclic) bond motifs is 3. The van der Waals surface area contributed by atoms with Crippen molar-refractivity contribution in [3.63, 3.8) is 0 Å². The summed E-state index contributed by atoms with van der Waals surface area (Å²) in [6.07, 6.45) is 2.71. The lowest BCUT2D eigenvalue weighted by atomic mass is 9.78. The van der Waals surface area contributed by atoms with E-state index in [4.69, 9.17) is 4.98 Å². The van der Waals surface area contributed by atoms with Crippen LogP contribution >= 0.6 is 0 Å². The molecule has 1 aliphatic carbocycles. The second kappa shape index (κ2) is 7.95. The molecule has 1 aliphatic rings. The van der Waals surface area contributed by atoms with Gasteiger partial charge in [0, 0.05) is 23.4 Å². The topological polar surface area (TPSA) is 37.8 Å². The molecule has 0 radical (unpaired) electrons. The average Bonchev–Trinajstić information content (AvgIpc) is 2.80. The molecule has 1 aromatic heterocycles. The van der Waals surface area contributed by atoms with E-state index in [1.54, 1.807) is 0 Å². The molecule has 0 amide bonds. The van der Waals surface area contributed by atoms with Crippen LogP contribution in [0.1, 0.15) is 47.9 Å². The molecule has 3 nitrogen and oxygen atoms in total. The van der Waals surface area contributed by atoms with Crippen LogP contribution in [0.2, 0.25) is 0 Å². The van der Waals surface area contributed by atoms with Crippen molar-refractivity contribution < 1.29 is 4.39 Å². The summed E-state index contributed by atoms with van der Waals surface area (Å²) in [5.41, 5.74) is 7.77. The molecule has 1 heterocycles. The first-order valence-electron chi connectivity index (χ1n) is 10.7. The first-order valence-corrected chi connectivity index (χ1v) is 10.7. The van der Waals surface area contributed by atoms with Gasteiger partial charge in [0.05, 0.1) is 5.69 Å². The minimum absolute atomic E-state index is 0.162. The van der Waals surface area contributed by atoms with Gasteiger partial charge in [-0.25, -0.2) is 14.4 Å². The van der Waals surface area contributed by atoms with Crippen LogP contribution in [0.4, 0.5) is 16.0 Å². The Hall–Kier alpha value is -3.53. The van der Waals surface area contributed by atoms with E-state index >= 15 is 0 Å². The Morgan fingerprint density at radius 1 is 0.935 bits per heavy atom. The number of nitrogens with one attached hydrogen (secondary N) is 1. The molecule has 0 saturated carbocycles. The average molecular weight is 410 g/mol. The summed E-state index contributed by atoms with van der Waals surface area (Å²) in [6.45, 7) is 4.37. The molecule has 0 saturated heterocycles. The number of hydrogen-bond donors (Lipinski definition) is 1. The minimum atomic E-state index is -0.214. The summed E-state index contributed by atoms with van der Waals surface area (Å²) in [7, 11) is 0. The summed E-state index contributed by atoms with van der Waals surface area (Å²) < 4.78 is 13.4. The van der Waals surface area contributed by atoms with Crippen molar-refractivity contribution in [1.82, 2.24) is 9.97 Å². The van der Waals surface area contributed by atoms with Crippen LogP contribution in [0.25, 0.3) is 11.3 Å². The highest BCUT2D eigenvalue weighted by Gasteiger charge is 2.27. The zero-order valence-electron chi connectivity index (χ0n) is 17.6. The van der Waals surface area contributed by atoms with Gasteiger partial charge in [0.15, 0.2) is 0 Å². The van der Waals surface area contributed by atoms with Gasteiger partial charge in [-0.3, -0.25) is 0 Å². The molecule has 1 atom stereocenters. The first-order chi connectivity index (χ1) is 15.1. The zero-order chi connectivity index (χ0) is 21.4. The molecule has 0 spiro atoms. The number of halogens is 1. The van der Waals surface area contributed by atoms with E-state index in [1.807, 2.05) is 24.4 Å². The van der Waals surface area contributed by atoms with Crippen molar-refractivity contribution in [1.29, 1.82) is 0 Å². The van der Waals surface area contributed by atoms with Crippen LogP contribution in [-0.2, 0) is 6.42 Å². The number of aromatic nitrogens is 2. The molecule has 1 N–H and O–H groups in total. The quantitative estimate of drug-likeness (QED) is 0.401. The molecule has 5 rings (SSSR count). The summed E-state index contributed by atoms with van der Waals surface area (Å²) in [5, 5.41) is 3.34. The molecule has 4 aromatic rings. The fourth-order valence-electron chi connectivity index (χ4n) is 4.27. The molecule has 1 unspecified atom stereocenters. The Bertz CT molecular complexity index is 1210. The fourth-order valence-corrected chi connectivity index (χ4v) is 4.27. The van der Waals surface area contributed by atoms with Crippen molar-refractivity contribution in [2.75, 3.05) is 5.32 Å².